The summed E-state index contributed by atoms with van der Waals surface area (Å²) in [5.41, 5.74) is 2.57. The smallest absolute Gasteiger partial charge is 0.160 e. The number of aromatic hydroxyl groups is 1. The highest BCUT2D eigenvalue weighted by Gasteiger charge is 2.26. The van der Waals surface area contributed by atoms with E-state index in [0.29, 0.717) is 17.7 Å². The minimum atomic E-state index is 0.250. The number of phenols is 1. The van der Waals surface area contributed by atoms with Crippen molar-refractivity contribution in [2.45, 2.75) is 32.7 Å². The van der Waals surface area contributed by atoms with Gasteiger partial charge in [-0.2, -0.15) is 0 Å². The molecule has 0 unspecified atom stereocenters. The van der Waals surface area contributed by atoms with Gasteiger partial charge >= 0.3 is 0 Å². The Morgan fingerprint density at radius 1 is 1.44 bits per heavy atom. The molecule has 1 aliphatic heterocycles. The lowest BCUT2D eigenvalue weighted by atomic mass is 9.87. The Kier molecular flexibility index (Phi) is 3.81. The summed E-state index contributed by atoms with van der Waals surface area (Å²) >= 11 is 0. The number of benzene rings is 1. The van der Waals surface area contributed by atoms with E-state index in [9.17, 15) is 5.11 Å². The first-order chi connectivity index (χ1) is 8.52. The molecule has 0 amide bonds. The number of hydrogen-bond acceptors (Lipinski definition) is 3. The number of methoxy groups -OCH3 is 1. The number of fused-ring (bicyclic) bond motifs is 1. The molecule has 3 nitrogen and oxygen atoms in total. The van der Waals surface area contributed by atoms with Gasteiger partial charge in [-0.25, -0.2) is 0 Å². The maximum Gasteiger partial charge on any atom is 0.160 e. The third-order valence-electron chi connectivity index (χ3n) is 3.76. The van der Waals surface area contributed by atoms with Crippen LogP contribution in [0.15, 0.2) is 12.1 Å². The predicted octanol–water partition coefficient (Wildman–Crippen LogP) is 2.98. The number of nitrogens with zero attached hydrogens (tertiary/aromatic N) is 1. The van der Waals surface area contributed by atoms with Gasteiger partial charge in [0, 0.05) is 12.6 Å². The van der Waals surface area contributed by atoms with Crippen LogP contribution in [-0.2, 0) is 6.42 Å². The van der Waals surface area contributed by atoms with Crippen LogP contribution in [0.3, 0.4) is 0 Å². The SMILES string of the molecule is COc1cc2c(cc1O)[C@@H](CC(C)C)N(C)CC2. The lowest BCUT2D eigenvalue weighted by Gasteiger charge is -2.36. The van der Waals surface area contributed by atoms with Gasteiger partial charge in [0.2, 0.25) is 0 Å². The molecule has 0 fully saturated rings. The second kappa shape index (κ2) is 5.19. The average molecular weight is 249 g/mol. The Labute approximate surface area is 109 Å². The van der Waals surface area contributed by atoms with E-state index in [0.717, 1.165) is 19.4 Å². The Balaban J connectivity index is 2.40. The highest BCUT2D eigenvalue weighted by atomic mass is 16.5. The van der Waals surface area contributed by atoms with Crippen LogP contribution in [0, 0.1) is 5.92 Å². The van der Waals surface area contributed by atoms with E-state index in [1.807, 2.05) is 12.1 Å². The lowest BCUT2D eigenvalue weighted by molar-refractivity contribution is 0.201. The lowest BCUT2D eigenvalue weighted by Crippen LogP contribution is -2.33. The fourth-order valence-electron chi connectivity index (χ4n) is 2.76. The van der Waals surface area contributed by atoms with Gasteiger partial charge < -0.3 is 9.84 Å². The van der Waals surface area contributed by atoms with Crippen molar-refractivity contribution in [3.8, 4) is 11.5 Å². The van der Waals surface area contributed by atoms with E-state index in [-0.39, 0.29) is 5.75 Å². The summed E-state index contributed by atoms with van der Waals surface area (Å²) in [7, 11) is 3.76. The van der Waals surface area contributed by atoms with Crippen molar-refractivity contribution in [1.29, 1.82) is 0 Å². The summed E-state index contributed by atoms with van der Waals surface area (Å²) in [4.78, 5) is 2.38. The Morgan fingerprint density at radius 2 is 2.17 bits per heavy atom. The third kappa shape index (κ3) is 2.46. The monoisotopic (exact) mass is 249 g/mol. The normalized spacial score (nSPS) is 19.9. The summed E-state index contributed by atoms with van der Waals surface area (Å²) in [5, 5.41) is 9.96. The molecule has 0 radical (unpaired) electrons. The molecule has 1 aromatic carbocycles. The van der Waals surface area contributed by atoms with Crippen molar-refractivity contribution in [2.75, 3.05) is 20.7 Å². The van der Waals surface area contributed by atoms with Gasteiger partial charge in [0.05, 0.1) is 7.11 Å². The first-order valence-corrected chi connectivity index (χ1v) is 6.63. The number of hydrogen-bond donors (Lipinski definition) is 1. The van der Waals surface area contributed by atoms with Crippen molar-refractivity contribution >= 4 is 0 Å². The van der Waals surface area contributed by atoms with Gasteiger partial charge in [-0.1, -0.05) is 13.8 Å². The Hall–Kier alpha value is -1.22. The molecule has 0 saturated carbocycles. The molecule has 0 bridgehead atoms. The second-order valence-corrected chi connectivity index (χ2v) is 5.60. The Bertz CT molecular complexity index is 429. The molecule has 1 N–H and O–H groups in total. The molecule has 0 aliphatic carbocycles. The van der Waals surface area contributed by atoms with Crippen molar-refractivity contribution < 1.29 is 9.84 Å². The number of ether oxygens (including phenoxy) is 1. The largest absolute Gasteiger partial charge is 0.504 e. The predicted molar refractivity (Wildman–Crippen MR) is 73.2 cm³/mol. The zero-order valence-corrected chi connectivity index (χ0v) is 11.7. The molecular weight excluding hydrogens is 226 g/mol. The summed E-state index contributed by atoms with van der Waals surface area (Å²) in [5.74, 6) is 1.48. The van der Waals surface area contributed by atoms with Crippen molar-refractivity contribution in [3.05, 3.63) is 23.3 Å². The van der Waals surface area contributed by atoms with E-state index >= 15 is 0 Å². The average Bonchev–Trinajstić information content (AvgIpc) is 2.32. The van der Waals surface area contributed by atoms with E-state index < -0.39 is 0 Å². The first-order valence-electron chi connectivity index (χ1n) is 6.63. The summed E-state index contributed by atoms with van der Waals surface area (Å²) < 4.78 is 5.19. The molecular formula is C15H23NO2. The van der Waals surface area contributed by atoms with Gasteiger partial charge in [-0.05, 0) is 49.1 Å². The fourth-order valence-corrected chi connectivity index (χ4v) is 2.76. The van der Waals surface area contributed by atoms with Crippen molar-refractivity contribution in [3.63, 3.8) is 0 Å². The summed E-state index contributed by atoms with van der Waals surface area (Å²) in [6.45, 7) is 5.55. The number of phenolic OH excluding ortho intramolecular Hbond substituents is 1. The molecule has 2 rings (SSSR count). The van der Waals surface area contributed by atoms with E-state index in [1.54, 1.807) is 7.11 Å². The summed E-state index contributed by atoms with van der Waals surface area (Å²) in [6.07, 6.45) is 2.15. The topological polar surface area (TPSA) is 32.7 Å². The standard InChI is InChI=1S/C15H23NO2/c1-10(2)7-13-12-9-14(17)15(18-4)8-11(12)5-6-16(13)3/h8-10,13,17H,5-7H2,1-4H3/t13-/m1/s1. The van der Waals surface area contributed by atoms with Gasteiger partial charge in [0.25, 0.3) is 0 Å². The third-order valence-corrected chi connectivity index (χ3v) is 3.76. The van der Waals surface area contributed by atoms with Crippen LogP contribution in [0.5, 0.6) is 11.5 Å². The maximum atomic E-state index is 9.96. The highest BCUT2D eigenvalue weighted by molar-refractivity contribution is 5.48. The van der Waals surface area contributed by atoms with Crippen LogP contribution in [0.4, 0.5) is 0 Å². The number of likely N-dealkylation sites (N-methyl/N-ethyl adjacent to an activating group) is 1. The first kappa shape index (κ1) is 13.2. The van der Waals surface area contributed by atoms with Crippen LogP contribution in [0.25, 0.3) is 0 Å². The summed E-state index contributed by atoms with van der Waals surface area (Å²) in [6, 6.07) is 4.28. The molecule has 1 atom stereocenters. The molecule has 1 aliphatic rings. The van der Waals surface area contributed by atoms with Crippen molar-refractivity contribution in [1.82, 2.24) is 4.90 Å². The molecule has 1 heterocycles. The highest BCUT2D eigenvalue weighted by Crippen LogP contribution is 2.39. The minimum Gasteiger partial charge on any atom is -0.504 e. The zero-order valence-electron chi connectivity index (χ0n) is 11.7. The van der Waals surface area contributed by atoms with Gasteiger partial charge in [0.15, 0.2) is 11.5 Å². The van der Waals surface area contributed by atoms with E-state index in [4.69, 9.17) is 4.74 Å². The van der Waals surface area contributed by atoms with Gasteiger partial charge in [-0.3, -0.25) is 4.90 Å². The molecule has 18 heavy (non-hydrogen) atoms. The molecule has 3 heteroatoms. The zero-order chi connectivity index (χ0) is 13.3. The van der Waals surface area contributed by atoms with E-state index in [2.05, 4.69) is 25.8 Å². The number of rotatable bonds is 3. The second-order valence-electron chi connectivity index (χ2n) is 5.60. The van der Waals surface area contributed by atoms with Crippen LogP contribution < -0.4 is 4.74 Å². The van der Waals surface area contributed by atoms with Crippen LogP contribution in [0.1, 0.15) is 37.4 Å². The van der Waals surface area contributed by atoms with Crippen LogP contribution in [-0.4, -0.2) is 30.7 Å². The van der Waals surface area contributed by atoms with Crippen molar-refractivity contribution in [2.24, 2.45) is 5.92 Å². The molecule has 1 aromatic rings. The maximum absolute atomic E-state index is 9.96. The van der Waals surface area contributed by atoms with E-state index in [1.165, 1.54) is 11.1 Å². The van der Waals surface area contributed by atoms with Gasteiger partial charge in [-0.15, -0.1) is 0 Å². The molecule has 0 spiro atoms. The molecule has 100 valence electrons. The van der Waals surface area contributed by atoms with Crippen LogP contribution in [0.2, 0.25) is 0 Å². The minimum absolute atomic E-state index is 0.250. The Morgan fingerprint density at radius 3 is 2.78 bits per heavy atom. The van der Waals surface area contributed by atoms with Crippen LogP contribution >= 0.6 is 0 Å². The molecule has 0 aromatic heterocycles. The van der Waals surface area contributed by atoms with Gasteiger partial charge in [0.1, 0.15) is 0 Å². The molecule has 0 saturated heterocycles. The fraction of sp³-hybridized carbons (Fsp3) is 0.600. The quantitative estimate of drug-likeness (QED) is 0.894.